The minimum absolute atomic E-state index is 0.164. The van der Waals surface area contributed by atoms with Crippen molar-refractivity contribution in [3.63, 3.8) is 0 Å². The first kappa shape index (κ1) is 19.1. The lowest BCUT2D eigenvalue weighted by molar-refractivity contribution is -0.118. The van der Waals surface area contributed by atoms with Gasteiger partial charge in [0.05, 0.1) is 11.4 Å². The van der Waals surface area contributed by atoms with Gasteiger partial charge >= 0.3 is 0 Å². The van der Waals surface area contributed by atoms with Crippen LogP contribution in [-0.4, -0.2) is 38.3 Å². The van der Waals surface area contributed by atoms with Crippen LogP contribution in [-0.2, 0) is 21.2 Å². The summed E-state index contributed by atoms with van der Waals surface area (Å²) in [6, 6.07) is 12.5. The second-order valence-electron chi connectivity index (χ2n) is 6.31. The Morgan fingerprint density at radius 1 is 1.19 bits per heavy atom. The van der Waals surface area contributed by atoms with E-state index in [9.17, 15) is 13.2 Å². The van der Waals surface area contributed by atoms with E-state index in [1.165, 1.54) is 4.31 Å². The summed E-state index contributed by atoms with van der Waals surface area (Å²) in [7, 11) is -3.70. The first-order valence-corrected chi connectivity index (χ1v) is 10.7. The van der Waals surface area contributed by atoms with Crippen LogP contribution in [0.25, 0.3) is 0 Å². The minimum Gasteiger partial charge on any atom is -0.311 e. The first-order valence-electron chi connectivity index (χ1n) is 8.48. The number of amides is 1. The molecule has 1 aliphatic heterocycles. The predicted octanol–water partition coefficient (Wildman–Crippen LogP) is 3.36. The van der Waals surface area contributed by atoms with Gasteiger partial charge in [-0.05, 0) is 49.2 Å². The Kier molecular flexibility index (Phi) is 5.50. The second-order valence-corrected chi connectivity index (χ2v) is 9.17. The number of carbonyl (C=O) groups is 1. The van der Waals surface area contributed by atoms with Gasteiger partial charge in [0, 0.05) is 23.2 Å². The van der Waals surface area contributed by atoms with E-state index in [4.69, 9.17) is 0 Å². The number of aryl methyl sites for hydroxylation is 1. The number of likely N-dealkylation sites (N-methyl/N-ethyl adjacent to an activating group) is 1. The SMILES string of the molecule is CCN(CC(=O)N1CCc2cc(Br)ccc21)S(=O)(=O)c1ccc(C)cc1. The van der Waals surface area contributed by atoms with Gasteiger partial charge in [0.15, 0.2) is 0 Å². The van der Waals surface area contributed by atoms with Gasteiger partial charge in [0.1, 0.15) is 0 Å². The van der Waals surface area contributed by atoms with Crippen LogP contribution in [0.5, 0.6) is 0 Å². The highest BCUT2D eigenvalue weighted by Gasteiger charge is 2.30. The summed E-state index contributed by atoms with van der Waals surface area (Å²) in [6.45, 7) is 4.30. The molecule has 0 unspecified atom stereocenters. The lowest BCUT2D eigenvalue weighted by Gasteiger charge is -2.24. The number of halogens is 1. The Balaban J connectivity index is 1.81. The lowest BCUT2D eigenvalue weighted by Crippen LogP contribution is -2.42. The predicted molar refractivity (Wildman–Crippen MR) is 106 cm³/mol. The van der Waals surface area contributed by atoms with Crippen LogP contribution in [0.4, 0.5) is 5.69 Å². The van der Waals surface area contributed by atoms with E-state index in [1.807, 2.05) is 25.1 Å². The molecule has 0 atom stereocenters. The average Bonchev–Trinajstić information content (AvgIpc) is 3.02. The molecule has 0 radical (unpaired) electrons. The zero-order valence-electron chi connectivity index (χ0n) is 14.8. The smallest absolute Gasteiger partial charge is 0.243 e. The number of hydrogen-bond acceptors (Lipinski definition) is 3. The molecule has 2 aromatic carbocycles. The van der Waals surface area contributed by atoms with Crippen molar-refractivity contribution >= 4 is 37.5 Å². The number of hydrogen-bond donors (Lipinski definition) is 0. The maximum absolute atomic E-state index is 12.9. The molecule has 26 heavy (non-hydrogen) atoms. The van der Waals surface area contributed by atoms with Crippen molar-refractivity contribution in [1.29, 1.82) is 0 Å². The summed E-state index contributed by atoms with van der Waals surface area (Å²) in [5.74, 6) is -0.205. The van der Waals surface area contributed by atoms with Crippen molar-refractivity contribution in [3.8, 4) is 0 Å². The third-order valence-electron chi connectivity index (χ3n) is 4.56. The fourth-order valence-corrected chi connectivity index (χ4v) is 4.90. The second kappa shape index (κ2) is 7.50. The minimum atomic E-state index is -3.70. The van der Waals surface area contributed by atoms with Crippen molar-refractivity contribution in [2.24, 2.45) is 0 Å². The monoisotopic (exact) mass is 436 g/mol. The number of rotatable bonds is 5. The number of fused-ring (bicyclic) bond motifs is 1. The van der Waals surface area contributed by atoms with Crippen LogP contribution in [0.15, 0.2) is 51.8 Å². The Morgan fingerprint density at radius 2 is 1.88 bits per heavy atom. The number of nitrogens with zero attached hydrogens (tertiary/aromatic N) is 2. The van der Waals surface area contributed by atoms with Crippen molar-refractivity contribution in [2.75, 3.05) is 24.5 Å². The zero-order chi connectivity index (χ0) is 18.9. The van der Waals surface area contributed by atoms with Gasteiger partial charge in [-0.2, -0.15) is 4.31 Å². The van der Waals surface area contributed by atoms with Crippen LogP contribution in [0.1, 0.15) is 18.1 Å². The summed E-state index contributed by atoms with van der Waals surface area (Å²) < 4.78 is 27.9. The standard InChI is InChI=1S/C19H21BrN2O3S/c1-3-21(26(24,25)17-7-4-14(2)5-8-17)13-19(23)22-11-10-15-12-16(20)6-9-18(15)22/h4-9,12H,3,10-11,13H2,1-2H3. The molecular formula is C19H21BrN2O3S. The molecule has 3 rings (SSSR count). The molecule has 2 aromatic rings. The number of benzene rings is 2. The van der Waals surface area contributed by atoms with Gasteiger partial charge in [-0.15, -0.1) is 0 Å². The van der Waals surface area contributed by atoms with E-state index in [-0.39, 0.29) is 23.9 Å². The van der Waals surface area contributed by atoms with Crippen molar-refractivity contribution < 1.29 is 13.2 Å². The highest BCUT2D eigenvalue weighted by atomic mass is 79.9. The maximum atomic E-state index is 12.9. The molecule has 0 bridgehead atoms. The molecule has 0 aliphatic carbocycles. The number of carbonyl (C=O) groups excluding carboxylic acids is 1. The van der Waals surface area contributed by atoms with Gasteiger partial charge in [0.25, 0.3) is 0 Å². The van der Waals surface area contributed by atoms with Gasteiger partial charge in [-0.25, -0.2) is 8.42 Å². The summed E-state index contributed by atoms with van der Waals surface area (Å²) in [5, 5.41) is 0. The summed E-state index contributed by atoms with van der Waals surface area (Å²) in [4.78, 5) is 14.7. The highest BCUT2D eigenvalue weighted by molar-refractivity contribution is 9.10. The van der Waals surface area contributed by atoms with Crippen LogP contribution in [0.2, 0.25) is 0 Å². The van der Waals surface area contributed by atoms with Gasteiger partial charge in [0.2, 0.25) is 15.9 Å². The van der Waals surface area contributed by atoms with Crippen LogP contribution >= 0.6 is 15.9 Å². The van der Waals surface area contributed by atoms with Gasteiger partial charge in [-0.1, -0.05) is 40.5 Å². The summed E-state index contributed by atoms with van der Waals surface area (Å²) in [5.41, 5.74) is 2.95. The van der Waals surface area contributed by atoms with Crippen LogP contribution in [0, 0.1) is 6.92 Å². The largest absolute Gasteiger partial charge is 0.311 e. The molecule has 7 heteroatoms. The molecule has 138 valence electrons. The first-order chi connectivity index (χ1) is 12.3. The number of sulfonamides is 1. The topological polar surface area (TPSA) is 57.7 Å². The normalized spacial score (nSPS) is 13.9. The van der Waals surface area contributed by atoms with E-state index in [2.05, 4.69) is 15.9 Å². The molecule has 0 N–H and O–H groups in total. The zero-order valence-corrected chi connectivity index (χ0v) is 17.2. The molecule has 1 heterocycles. The number of anilines is 1. The van der Waals surface area contributed by atoms with E-state index in [0.29, 0.717) is 6.54 Å². The fraction of sp³-hybridized carbons (Fsp3) is 0.316. The molecular weight excluding hydrogens is 416 g/mol. The Hall–Kier alpha value is -1.70. The third kappa shape index (κ3) is 3.70. The molecule has 0 spiro atoms. The van der Waals surface area contributed by atoms with Crippen molar-refractivity contribution in [3.05, 3.63) is 58.1 Å². The molecule has 0 fully saturated rings. The van der Waals surface area contributed by atoms with Crippen molar-refractivity contribution in [1.82, 2.24) is 4.31 Å². The van der Waals surface area contributed by atoms with Gasteiger partial charge < -0.3 is 4.90 Å². The van der Waals surface area contributed by atoms with E-state index in [1.54, 1.807) is 36.1 Å². The van der Waals surface area contributed by atoms with Gasteiger partial charge in [-0.3, -0.25) is 4.79 Å². The maximum Gasteiger partial charge on any atom is 0.243 e. The van der Waals surface area contributed by atoms with Crippen LogP contribution < -0.4 is 4.90 Å². The van der Waals surface area contributed by atoms with E-state index in [0.717, 1.165) is 27.7 Å². The third-order valence-corrected chi connectivity index (χ3v) is 6.99. The Labute approximate surface area is 162 Å². The molecule has 0 saturated carbocycles. The van der Waals surface area contributed by atoms with E-state index < -0.39 is 10.0 Å². The molecule has 1 amide bonds. The Bertz CT molecular complexity index is 926. The molecule has 0 saturated heterocycles. The lowest BCUT2D eigenvalue weighted by atomic mass is 10.2. The summed E-state index contributed by atoms with van der Waals surface area (Å²) >= 11 is 3.44. The molecule has 0 aromatic heterocycles. The quantitative estimate of drug-likeness (QED) is 0.721. The van der Waals surface area contributed by atoms with Crippen molar-refractivity contribution in [2.45, 2.75) is 25.2 Å². The summed E-state index contributed by atoms with van der Waals surface area (Å²) in [6.07, 6.45) is 0.775. The molecule has 5 nitrogen and oxygen atoms in total. The van der Waals surface area contributed by atoms with E-state index >= 15 is 0 Å². The average molecular weight is 437 g/mol. The Morgan fingerprint density at radius 3 is 2.54 bits per heavy atom. The highest BCUT2D eigenvalue weighted by Crippen LogP contribution is 2.31. The van der Waals surface area contributed by atoms with Crippen LogP contribution in [0.3, 0.4) is 0 Å². The fourth-order valence-electron chi connectivity index (χ4n) is 3.09. The molecule has 1 aliphatic rings.